The van der Waals surface area contributed by atoms with Crippen LogP contribution in [0.5, 0.6) is 0 Å². The lowest BCUT2D eigenvalue weighted by atomic mass is 9.99. The van der Waals surface area contributed by atoms with Crippen LogP contribution >= 0.6 is 11.3 Å². The number of aryl methyl sites for hydroxylation is 2. The number of fused-ring (bicyclic) bond motifs is 3. The third-order valence-corrected chi connectivity index (χ3v) is 7.71. The highest BCUT2D eigenvalue weighted by Crippen LogP contribution is 2.33. The molecule has 1 atom stereocenters. The first-order valence-electron chi connectivity index (χ1n) is 11.6. The topological polar surface area (TPSA) is 107 Å². The first-order valence-corrected chi connectivity index (χ1v) is 12.5. The molecule has 2 aromatic heterocycles. The average Bonchev–Trinajstić information content (AvgIpc) is 3.21. The summed E-state index contributed by atoms with van der Waals surface area (Å²) in [5.74, 6) is -0.227. The molecule has 178 valence electrons. The number of anilines is 1. The van der Waals surface area contributed by atoms with E-state index in [2.05, 4.69) is 11.9 Å². The molecule has 1 aliphatic heterocycles. The Morgan fingerprint density at radius 1 is 1.26 bits per heavy atom. The average molecular weight is 483 g/mol. The van der Waals surface area contributed by atoms with E-state index in [0.717, 1.165) is 57.3 Å². The Hall–Kier alpha value is -3.27. The van der Waals surface area contributed by atoms with Crippen LogP contribution in [0, 0.1) is 16.0 Å². The van der Waals surface area contributed by atoms with Gasteiger partial charge in [0.25, 0.3) is 11.2 Å². The van der Waals surface area contributed by atoms with Gasteiger partial charge in [0.2, 0.25) is 0 Å². The van der Waals surface area contributed by atoms with Crippen molar-refractivity contribution in [3.8, 4) is 0 Å². The van der Waals surface area contributed by atoms with Crippen molar-refractivity contribution in [3.63, 3.8) is 0 Å². The second-order valence-electron chi connectivity index (χ2n) is 9.11. The van der Waals surface area contributed by atoms with E-state index in [1.54, 1.807) is 16.5 Å². The minimum Gasteiger partial charge on any atom is -0.456 e. The summed E-state index contributed by atoms with van der Waals surface area (Å²) in [4.78, 5) is 45.0. The maximum absolute atomic E-state index is 12.7. The van der Waals surface area contributed by atoms with Crippen molar-refractivity contribution < 1.29 is 14.5 Å². The number of carbonyl (C=O) groups is 1. The van der Waals surface area contributed by atoms with Gasteiger partial charge in [-0.1, -0.05) is 6.92 Å². The molecule has 1 saturated heterocycles. The number of nitro benzene ring substituents is 1. The minimum atomic E-state index is -0.686. The maximum atomic E-state index is 12.7. The summed E-state index contributed by atoms with van der Waals surface area (Å²) >= 11 is 1.51. The van der Waals surface area contributed by atoms with E-state index in [0.29, 0.717) is 22.3 Å². The predicted molar refractivity (Wildman–Crippen MR) is 129 cm³/mol. The minimum absolute atomic E-state index is 0.102. The molecular weight excluding hydrogens is 456 g/mol. The van der Waals surface area contributed by atoms with Gasteiger partial charge in [0, 0.05) is 35.8 Å². The molecule has 0 amide bonds. The van der Waals surface area contributed by atoms with Crippen molar-refractivity contribution in [1.82, 2.24) is 9.38 Å². The van der Waals surface area contributed by atoms with Crippen LogP contribution in [0.4, 0.5) is 11.4 Å². The van der Waals surface area contributed by atoms with Crippen LogP contribution in [-0.4, -0.2) is 33.4 Å². The van der Waals surface area contributed by atoms with Crippen molar-refractivity contribution in [3.05, 3.63) is 66.6 Å². The monoisotopic (exact) mass is 482 g/mol. The van der Waals surface area contributed by atoms with Crippen LogP contribution in [0.15, 0.2) is 29.1 Å². The van der Waals surface area contributed by atoms with Gasteiger partial charge in [-0.15, -0.1) is 11.3 Å². The van der Waals surface area contributed by atoms with Crippen LogP contribution in [-0.2, 0) is 24.2 Å². The molecule has 2 aliphatic rings. The number of esters is 1. The third kappa shape index (κ3) is 4.29. The molecule has 0 bridgehead atoms. The summed E-state index contributed by atoms with van der Waals surface area (Å²) in [6.45, 7) is 3.46. The van der Waals surface area contributed by atoms with Gasteiger partial charge in [-0.25, -0.2) is 9.78 Å². The molecule has 9 nitrogen and oxygen atoms in total. The normalized spacial score (nSPS) is 18.0. The fraction of sp³-hybridized carbons (Fsp3) is 0.458. The number of ether oxygens (including phenoxy) is 1. The summed E-state index contributed by atoms with van der Waals surface area (Å²) in [5.41, 5.74) is 1.75. The van der Waals surface area contributed by atoms with Crippen LogP contribution in [0.2, 0.25) is 0 Å². The lowest BCUT2D eigenvalue weighted by molar-refractivity contribution is -0.384. The number of rotatable bonds is 5. The van der Waals surface area contributed by atoms with Gasteiger partial charge in [0.15, 0.2) is 4.96 Å². The van der Waals surface area contributed by atoms with E-state index in [4.69, 9.17) is 4.74 Å². The van der Waals surface area contributed by atoms with Gasteiger partial charge < -0.3 is 9.64 Å². The van der Waals surface area contributed by atoms with Crippen LogP contribution in [0.25, 0.3) is 4.96 Å². The number of hydrogen-bond donors (Lipinski definition) is 0. The molecule has 1 aliphatic carbocycles. The zero-order valence-electron chi connectivity index (χ0n) is 19.0. The second kappa shape index (κ2) is 9.17. The first-order chi connectivity index (χ1) is 16.4. The summed E-state index contributed by atoms with van der Waals surface area (Å²) in [7, 11) is 0. The third-order valence-electron chi connectivity index (χ3n) is 6.57. The summed E-state index contributed by atoms with van der Waals surface area (Å²) in [6.07, 6.45) is 6.08. The van der Waals surface area contributed by atoms with Gasteiger partial charge >= 0.3 is 5.97 Å². The number of thiazole rings is 1. The number of carbonyl (C=O) groups excluding carboxylic acids is 1. The van der Waals surface area contributed by atoms with Crippen molar-refractivity contribution in [1.29, 1.82) is 0 Å². The maximum Gasteiger partial charge on any atom is 0.338 e. The lowest BCUT2D eigenvalue weighted by Gasteiger charge is -2.32. The summed E-state index contributed by atoms with van der Waals surface area (Å²) < 4.78 is 7.04. The molecular formula is C24H26N4O5S. The molecule has 3 heterocycles. The summed E-state index contributed by atoms with van der Waals surface area (Å²) in [6, 6.07) is 5.85. The Balaban J connectivity index is 1.34. The lowest BCUT2D eigenvalue weighted by Crippen LogP contribution is -2.34. The Kier molecular flexibility index (Phi) is 6.07. The zero-order chi connectivity index (χ0) is 23.8. The smallest absolute Gasteiger partial charge is 0.338 e. The van der Waals surface area contributed by atoms with E-state index in [1.165, 1.54) is 28.3 Å². The van der Waals surface area contributed by atoms with Gasteiger partial charge in [-0.3, -0.25) is 19.3 Å². The molecule has 0 N–H and O–H groups in total. The molecule has 1 fully saturated rings. The number of hydrogen-bond acceptors (Lipinski definition) is 8. The number of nitro groups is 1. The summed E-state index contributed by atoms with van der Waals surface area (Å²) in [5, 5.41) is 11.7. The van der Waals surface area contributed by atoms with Crippen LogP contribution in [0.3, 0.4) is 0 Å². The Bertz CT molecular complexity index is 1330. The highest BCUT2D eigenvalue weighted by atomic mass is 32.1. The van der Waals surface area contributed by atoms with Gasteiger partial charge in [-0.2, -0.15) is 0 Å². The van der Waals surface area contributed by atoms with Crippen LogP contribution < -0.4 is 10.5 Å². The Morgan fingerprint density at radius 3 is 2.88 bits per heavy atom. The van der Waals surface area contributed by atoms with E-state index >= 15 is 0 Å². The highest BCUT2D eigenvalue weighted by Gasteiger charge is 2.26. The van der Waals surface area contributed by atoms with Gasteiger partial charge in [0.1, 0.15) is 12.3 Å². The number of nitrogens with zero attached hydrogens (tertiary/aromatic N) is 4. The van der Waals surface area contributed by atoms with Gasteiger partial charge in [-0.05, 0) is 56.6 Å². The molecule has 10 heteroatoms. The Morgan fingerprint density at radius 2 is 2.09 bits per heavy atom. The second-order valence-corrected chi connectivity index (χ2v) is 10.2. The molecule has 0 spiro atoms. The van der Waals surface area contributed by atoms with Crippen molar-refractivity contribution in [2.75, 3.05) is 18.0 Å². The predicted octanol–water partition coefficient (Wildman–Crippen LogP) is 4.14. The Labute approximate surface area is 200 Å². The largest absolute Gasteiger partial charge is 0.456 e. The van der Waals surface area contributed by atoms with E-state index in [-0.39, 0.29) is 23.4 Å². The molecule has 3 aromatic rings. The van der Waals surface area contributed by atoms with Gasteiger partial charge in [0.05, 0.1) is 16.2 Å². The zero-order valence-corrected chi connectivity index (χ0v) is 19.8. The van der Waals surface area contributed by atoms with Crippen LogP contribution in [0.1, 0.15) is 59.2 Å². The number of piperidine rings is 1. The highest BCUT2D eigenvalue weighted by molar-refractivity contribution is 7.17. The fourth-order valence-electron chi connectivity index (χ4n) is 4.91. The fourth-order valence-corrected chi connectivity index (χ4v) is 6.14. The number of aromatic nitrogens is 2. The SMILES string of the molecule is CC1CCCN(c2ccc(C(=O)OCc3cc(=O)n4c5c(sc4n3)CCCC5)cc2[N+](=O)[O-])C1. The van der Waals surface area contributed by atoms with Crippen molar-refractivity contribution >= 4 is 33.6 Å². The molecule has 5 rings (SSSR count). The molecule has 1 aromatic carbocycles. The standard InChI is InChI=1S/C24H26N4O5S/c1-15-5-4-10-26(13-15)18-9-8-16(11-20(18)28(31)32)23(30)33-14-17-12-22(29)27-19-6-2-3-7-21(19)34-24(27)25-17/h8-9,11-12,15H,2-7,10,13-14H2,1H3. The quantitative estimate of drug-likeness (QED) is 0.306. The van der Waals surface area contributed by atoms with Crippen molar-refractivity contribution in [2.45, 2.75) is 52.1 Å². The first kappa shape index (κ1) is 22.5. The van der Waals surface area contributed by atoms with E-state index in [9.17, 15) is 19.7 Å². The number of benzene rings is 1. The van der Waals surface area contributed by atoms with E-state index in [1.807, 2.05) is 4.90 Å². The van der Waals surface area contributed by atoms with Crippen molar-refractivity contribution in [2.24, 2.45) is 5.92 Å². The molecule has 1 unspecified atom stereocenters. The molecule has 34 heavy (non-hydrogen) atoms. The molecule has 0 radical (unpaired) electrons. The van der Waals surface area contributed by atoms with E-state index < -0.39 is 10.9 Å². The molecule has 0 saturated carbocycles.